The molecule has 100 valence electrons. The normalized spacial score (nSPS) is 19.8. The van der Waals surface area contributed by atoms with Crippen LogP contribution >= 0.6 is 31.9 Å². The third-order valence-electron chi connectivity index (χ3n) is 3.36. The Kier molecular flexibility index (Phi) is 5.52. The molecule has 1 saturated heterocycles. The summed E-state index contributed by atoms with van der Waals surface area (Å²) in [6.45, 7) is 2.90. The molecule has 2 nitrogen and oxygen atoms in total. The van der Waals surface area contributed by atoms with Crippen LogP contribution in [0.1, 0.15) is 18.4 Å². The molecule has 1 atom stereocenters. The van der Waals surface area contributed by atoms with Gasteiger partial charge in [-0.25, -0.2) is 0 Å². The highest BCUT2D eigenvalue weighted by Crippen LogP contribution is 2.28. The smallest absolute Gasteiger partial charge is 0.0511 e. The summed E-state index contributed by atoms with van der Waals surface area (Å²) in [6.07, 6.45) is 2.48. The van der Waals surface area contributed by atoms with Crippen molar-refractivity contribution >= 4 is 37.5 Å². The van der Waals surface area contributed by atoms with Gasteiger partial charge in [0.25, 0.3) is 0 Å². The minimum absolute atomic E-state index is 0.659. The van der Waals surface area contributed by atoms with E-state index < -0.39 is 0 Å². The molecule has 0 aliphatic carbocycles. The zero-order valence-corrected chi connectivity index (χ0v) is 13.8. The van der Waals surface area contributed by atoms with Gasteiger partial charge in [-0.2, -0.15) is 0 Å². The first kappa shape index (κ1) is 14.4. The summed E-state index contributed by atoms with van der Waals surface area (Å²) in [6, 6.07) is 6.53. The second-order valence-electron chi connectivity index (χ2n) is 4.88. The molecule has 1 aromatic carbocycles. The molecule has 1 unspecified atom stereocenters. The van der Waals surface area contributed by atoms with Crippen LogP contribution < -0.4 is 4.90 Å². The topological polar surface area (TPSA) is 12.5 Å². The van der Waals surface area contributed by atoms with Gasteiger partial charge in [-0.05, 0) is 52.4 Å². The third kappa shape index (κ3) is 3.72. The van der Waals surface area contributed by atoms with Crippen molar-refractivity contribution in [3.05, 3.63) is 28.2 Å². The van der Waals surface area contributed by atoms with E-state index in [1.807, 2.05) is 0 Å². The van der Waals surface area contributed by atoms with Crippen LogP contribution in [0.4, 0.5) is 5.69 Å². The van der Waals surface area contributed by atoms with Gasteiger partial charge in [0.1, 0.15) is 0 Å². The fourth-order valence-electron chi connectivity index (χ4n) is 2.38. The van der Waals surface area contributed by atoms with Crippen LogP contribution in [0.3, 0.4) is 0 Å². The summed E-state index contributed by atoms with van der Waals surface area (Å²) in [5, 5.41) is 0.895. The summed E-state index contributed by atoms with van der Waals surface area (Å²) in [5.41, 5.74) is 2.55. The standard InChI is InChI=1S/C14H19Br2NO/c1-17(9-12-3-2-6-18-10-12)14-5-4-11(8-15)7-13(14)16/h4-5,7,12H,2-3,6,8-10H2,1H3. The Hall–Kier alpha value is -0.0600. The molecule has 0 aromatic heterocycles. The maximum Gasteiger partial charge on any atom is 0.0511 e. The van der Waals surface area contributed by atoms with Crippen molar-refractivity contribution in [1.82, 2.24) is 0 Å². The van der Waals surface area contributed by atoms with Gasteiger partial charge in [0.05, 0.1) is 12.3 Å². The van der Waals surface area contributed by atoms with Crippen LogP contribution in [0, 0.1) is 5.92 Å². The van der Waals surface area contributed by atoms with Crippen molar-refractivity contribution in [2.45, 2.75) is 18.2 Å². The zero-order valence-electron chi connectivity index (χ0n) is 10.7. The Labute approximate surface area is 126 Å². The maximum absolute atomic E-state index is 5.54. The number of alkyl halides is 1. The van der Waals surface area contributed by atoms with Crippen molar-refractivity contribution in [2.24, 2.45) is 5.92 Å². The molecule has 0 N–H and O–H groups in total. The van der Waals surface area contributed by atoms with Crippen LogP contribution in [0.5, 0.6) is 0 Å². The van der Waals surface area contributed by atoms with Crippen LogP contribution in [-0.2, 0) is 10.1 Å². The van der Waals surface area contributed by atoms with Gasteiger partial charge in [-0.3, -0.25) is 0 Å². The molecule has 1 aliphatic heterocycles. The number of ether oxygens (including phenoxy) is 1. The molecular formula is C14H19Br2NO. The molecule has 1 heterocycles. The molecule has 18 heavy (non-hydrogen) atoms. The van der Waals surface area contributed by atoms with E-state index in [4.69, 9.17) is 4.74 Å². The SMILES string of the molecule is CN(CC1CCCOC1)c1ccc(CBr)cc1Br. The highest BCUT2D eigenvalue weighted by molar-refractivity contribution is 9.10. The lowest BCUT2D eigenvalue weighted by Crippen LogP contribution is -2.31. The van der Waals surface area contributed by atoms with Crippen LogP contribution in [-0.4, -0.2) is 26.8 Å². The van der Waals surface area contributed by atoms with E-state index in [0.29, 0.717) is 5.92 Å². The average Bonchev–Trinajstić information content (AvgIpc) is 2.39. The number of hydrogen-bond donors (Lipinski definition) is 0. The van der Waals surface area contributed by atoms with Gasteiger partial charge < -0.3 is 9.64 Å². The Morgan fingerprint density at radius 2 is 2.28 bits per heavy atom. The fraction of sp³-hybridized carbons (Fsp3) is 0.571. The van der Waals surface area contributed by atoms with E-state index in [1.54, 1.807) is 0 Å². The number of rotatable bonds is 4. The monoisotopic (exact) mass is 375 g/mol. The fourth-order valence-corrected chi connectivity index (χ4v) is 3.46. The first-order chi connectivity index (χ1) is 8.70. The first-order valence-corrected chi connectivity index (χ1v) is 8.25. The van der Waals surface area contributed by atoms with E-state index in [2.05, 4.69) is 62.0 Å². The second-order valence-corrected chi connectivity index (χ2v) is 6.30. The average molecular weight is 377 g/mol. The maximum atomic E-state index is 5.54. The Morgan fingerprint density at radius 3 is 2.89 bits per heavy atom. The lowest BCUT2D eigenvalue weighted by molar-refractivity contribution is 0.0576. The van der Waals surface area contributed by atoms with Crippen LogP contribution in [0.15, 0.2) is 22.7 Å². The van der Waals surface area contributed by atoms with E-state index >= 15 is 0 Å². The lowest BCUT2D eigenvalue weighted by Gasteiger charge is -2.29. The summed E-state index contributed by atoms with van der Waals surface area (Å²) >= 11 is 7.14. The van der Waals surface area contributed by atoms with E-state index in [1.165, 1.54) is 28.6 Å². The molecule has 1 fully saturated rings. The summed E-state index contributed by atoms with van der Waals surface area (Å²) in [5.74, 6) is 0.659. The number of halogens is 2. The number of hydrogen-bond acceptors (Lipinski definition) is 2. The second kappa shape index (κ2) is 6.92. The Balaban J connectivity index is 2.01. The molecule has 2 rings (SSSR count). The minimum Gasteiger partial charge on any atom is -0.381 e. The molecule has 0 radical (unpaired) electrons. The predicted octanol–water partition coefficient (Wildman–Crippen LogP) is 4.21. The molecule has 1 aliphatic rings. The summed E-state index contributed by atoms with van der Waals surface area (Å²) < 4.78 is 6.71. The van der Waals surface area contributed by atoms with Crippen LogP contribution in [0.25, 0.3) is 0 Å². The van der Waals surface area contributed by atoms with Gasteiger partial charge in [0.2, 0.25) is 0 Å². The van der Waals surface area contributed by atoms with Gasteiger partial charge in [0, 0.05) is 30.0 Å². The van der Waals surface area contributed by atoms with Gasteiger partial charge in [0.15, 0.2) is 0 Å². The van der Waals surface area contributed by atoms with E-state index in [9.17, 15) is 0 Å². The van der Waals surface area contributed by atoms with E-state index in [-0.39, 0.29) is 0 Å². The summed E-state index contributed by atoms with van der Waals surface area (Å²) in [7, 11) is 2.16. The zero-order chi connectivity index (χ0) is 13.0. The van der Waals surface area contributed by atoms with Crippen molar-refractivity contribution in [2.75, 3.05) is 31.7 Å². The Morgan fingerprint density at radius 1 is 1.44 bits per heavy atom. The van der Waals surface area contributed by atoms with Crippen molar-refractivity contribution in [1.29, 1.82) is 0 Å². The highest BCUT2D eigenvalue weighted by Gasteiger charge is 2.17. The molecule has 1 aromatic rings. The highest BCUT2D eigenvalue weighted by atomic mass is 79.9. The molecule has 0 spiro atoms. The van der Waals surface area contributed by atoms with Crippen molar-refractivity contribution < 1.29 is 4.74 Å². The minimum atomic E-state index is 0.659. The Bertz CT molecular complexity index is 391. The summed E-state index contributed by atoms with van der Waals surface area (Å²) in [4.78, 5) is 2.32. The van der Waals surface area contributed by atoms with Crippen molar-refractivity contribution in [3.8, 4) is 0 Å². The van der Waals surface area contributed by atoms with Gasteiger partial charge in [-0.15, -0.1) is 0 Å². The number of nitrogens with zero attached hydrogens (tertiary/aromatic N) is 1. The van der Waals surface area contributed by atoms with Gasteiger partial charge in [-0.1, -0.05) is 22.0 Å². The number of anilines is 1. The predicted molar refractivity (Wildman–Crippen MR) is 83.6 cm³/mol. The van der Waals surface area contributed by atoms with Crippen molar-refractivity contribution in [3.63, 3.8) is 0 Å². The first-order valence-electron chi connectivity index (χ1n) is 6.34. The van der Waals surface area contributed by atoms with Crippen LogP contribution in [0.2, 0.25) is 0 Å². The molecule has 0 bridgehead atoms. The number of benzene rings is 1. The lowest BCUT2D eigenvalue weighted by atomic mass is 10.0. The molecule has 4 heteroatoms. The van der Waals surface area contributed by atoms with Gasteiger partial charge >= 0.3 is 0 Å². The molecule has 0 amide bonds. The largest absolute Gasteiger partial charge is 0.381 e. The quantitative estimate of drug-likeness (QED) is 0.730. The third-order valence-corrected chi connectivity index (χ3v) is 4.65. The molecular weight excluding hydrogens is 358 g/mol. The van der Waals surface area contributed by atoms with E-state index in [0.717, 1.165) is 25.1 Å². The molecule has 0 saturated carbocycles.